The maximum absolute atomic E-state index is 8.66. The van der Waals surface area contributed by atoms with Crippen molar-refractivity contribution in [2.45, 2.75) is 25.7 Å². The Bertz CT molecular complexity index is 55.4. The molecule has 1 atom stereocenters. The zero-order valence-electron chi connectivity index (χ0n) is 5.14. The Morgan fingerprint density at radius 3 is 2.75 bits per heavy atom. The number of hydrogen-bond acceptors (Lipinski definition) is 1. The van der Waals surface area contributed by atoms with Crippen LogP contribution in [0.3, 0.4) is 0 Å². The molecule has 0 aromatic carbocycles. The third kappa shape index (κ3) is 1.48. The molecule has 0 heterocycles. The zero-order valence-corrected chi connectivity index (χ0v) is 5.14. The van der Waals surface area contributed by atoms with Crippen molar-refractivity contribution >= 4 is 0 Å². The van der Waals surface area contributed by atoms with Gasteiger partial charge >= 0.3 is 0 Å². The first kappa shape index (κ1) is 6.09. The average Bonchev–Trinajstić information content (AvgIpc) is 1.90. The van der Waals surface area contributed by atoms with Crippen molar-refractivity contribution in [2.24, 2.45) is 5.92 Å². The van der Waals surface area contributed by atoms with Gasteiger partial charge in [-0.15, -0.1) is 0 Å². The molecule has 0 spiro atoms. The quantitative estimate of drug-likeness (QED) is 0.544. The molecular formula is C7H13O. The van der Waals surface area contributed by atoms with E-state index in [0.29, 0.717) is 12.5 Å². The summed E-state index contributed by atoms with van der Waals surface area (Å²) in [6.07, 6.45) is 7.30. The Labute approximate surface area is 50.7 Å². The molecule has 0 bridgehead atoms. The van der Waals surface area contributed by atoms with Crippen LogP contribution in [0.2, 0.25) is 0 Å². The van der Waals surface area contributed by atoms with Crippen molar-refractivity contribution < 1.29 is 5.11 Å². The first-order chi connectivity index (χ1) is 3.93. The smallest absolute Gasteiger partial charge is 0.0462 e. The predicted molar refractivity (Wildman–Crippen MR) is 33.3 cm³/mol. The lowest BCUT2D eigenvalue weighted by atomic mass is 9.90. The molecule has 1 heteroatoms. The lowest BCUT2D eigenvalue weighted by Gasteiger charge is -2.17. The molecule has 1 aliphatic rings. The highest BCUT2D eigenvalue weighted by molar-refractivity contribution is 4.79. The summed E-state index contributed by atoms with van der Waals surface area (Å²) in [6.45, 7) is 0.361. The predicted octanol–water partition coefficient (Wildman–Crippen LogP) is 1.37. The van der Waals surface area contributed by atoms with Crippen molar-refractivity contribution in [1.29, 1.82) is 0 Å². The van der Waals surface area contributed by atoms with Gasteiger partial charge in [-0.3, -0.25) is 0 Å². The highest BCUT2D eigenvalue weighted by atomic mass is 16.3. The van der Waals surface area contributed by atoms with Crippen LogP contribution in [-0.4, -0.2) is 11.7 Å². The minimum Gasteiger partial charge on any atom is -0.396 e. The van der Waals surface area contributed by atoms with Gasteiger partial charge in [-0.2, -0.15) is 0 Å². The molecule has 0 saturated heterocycles. The van der Waals surface area contributed by atoms with E-state index in [9.17, 15) is 0 Å². The van der Waals surface area contributed by atoms with E-state index in [1.165, 1.54) is 25.7 Å². The van der Waals surface area contributed by atoms with E-state index >= 15 is 0 Å². The zero-order chi connectivity index (χ0) is 5.82. The summed E-state index contributed by atoms with van der Waals surface area (Å²) in [7, 11) is 0. The largest absolute Gasteiger partial charge is 0.396 e. The van der Waals surface area contributed by atoms with Crippen molar-refractivity contribution in [3.05, 3.63) is 6.42 Å². The molecule has 0 aromatic rings. The van der Waals surface area contributed by atoms with Crippen molar-refractivity contribution in [2.75, 3.05) is 6.61 Å². The number of rotatable bonds is 1. The Morgan fingerprint density at radius 2 is 2.38 bits per heavy atom. The van der Waals surface area contributed by atoms with Crippen LogP contribution in [0.25, 0.3) is 0 Å². The molecule has 1 saturated carbocycles. The molecule has 1 rings (SSSR count). The minimum absolute atomic E-state index is 0.361. The number of aliphatic hydroxyl groups is 1. The summed E-state index contributed by atoms with van der Waals surface area (Å²) in [5, 5.41) is 8.66. The molecule has 1 aliphatic carbocycles. The third-order valence-corrected chi connectivity index (χ3v) is 1.76. The van der Waals surface area contributed by atoms with Gasteiger partial charge in [0.15, 0.2) is 0 Å². The van der Waals surface area contributed by atoms with Crippen LogP contribution >= 0.6 is 0 Å². The highest BCUT2D eigenvalue weighted by Gasteiger charge is 2.10. The van der Waals surface area contributed by atoms with Crippen LogP contribution < -0.4 is 0 Å². The van der Waals surface area contributed by atoms with Gasteiger partial charge in [0.2, 0.25) is 0 Å². The first-order valence-corrected chi connectivity index (χ1v) is 3.37. The van der Waals surface area contributed by atoms with E-state index < -0.39 is 0 Å². The van der Waals surface area contributed by atoms with Crippen molar-refractivity contribution in [1.82, 2.24) is 0 Å². The molecular weight excluding hydrogens is 100 g/mol. The second-order valence-corrected chi connectivity index (χ2v) is 2.46. The average molecular weight is 113 g/mol. The van der Waals surface area contributed by atoms with Crippen molar-refractivity contribution in [3.8, 4) is 0 Å². The maximum Gasteiger partial charge on any atom is 0.0462 e. The fourth-order valence-electron chi connectivity index (χ4n) is 1.19. The van der Waals surface area contributed by atoms with Crippen LogP contribution in [0.1, 0.15) is 25.7 Å². The summed E-state index contributed by atoms with van der Waals surface area (Å²) >= 11 is 0. The van der Waals surface area contributed by atoms with E-state index in [4.69, 9.17) is 5.11 Å². The highest BCUT2D eigenvalue weighted by Crippen LogP contribution is 2.21. The van der Waals surface area contributed by atoms with Crippen LogP contribution in [0.15, 0.2) is 0 Å². The second kappa shape index (κ2) is 3.08. The minimum atomic E-state index is 0.361. The van der Waals surface area contributed by atoms with Gasteiger partial charge in [0.1, 0.15) is 0 Å². The van der Waals surface area contributed by atoms with Crippen LogP contribution in [0.5, 0.6) is 0 Å². The van der Waals surface area contributed by atoms with Gasteiger partial charge in [-0.05, 0) is 25.2 Å². The second-order valence-electron chi connectivity index (χ2n) is 2.46. The number of aliphatic hydroxyl groups excluding tert-OH is 1. The standard InChI is InChI=1S/C7H13O/c8-6-7-4-2-1-3-5-7/h4,7-8H,1-3,5-6H2/t7-/m0/s1. The van der Waals surface area contributed by atoms with E-state index in [2.05, 4.69) is 6.42 Å². The Kier molecular flexibility index (Phi) is 2.34. The van der Waals surface area contributed by atoms with Gasteiger partial charge in [0, 0.05) is 6.61 Å². The lowest BCUT2D eigenvalue weighted by Crippen LogP contribution is -2.10. The third-order valence-electron chi connectivity index (χ3n) is 1.76. The number of hydrogen-bond donors (Lipinski definition) is 1. The van der Waals surface area contributed by atoms with E-state index in [1.54, 1.807) is 0 Å². The Hall–Kier alpha value is -0.0400. The summed E-state index contributed by atoms with van der Waals surface area (Å²) in [4.78, 5) is 0. The molecule has 0 aliphatic heterocycles. The summed E-state index contributed by atoms with van der Waals surface area (Å²) in [6, 6.07) is 0. The van der Waals surface area contributed by atoms with E-state index in [-0.39, 0.29) is 0 Å². The Balaban J connectivity index is 2.13. The topological polar surface area (TPSA) is 20.2 Å². The summed E-state index contributed by atoms with van der Waals surface area (Å²) < 4.78 is 0. The van der Waals surface area contributed by atoms with Crippen LogP contribution in [0.4, 0.5) is 0 Å². The normalized spacial score (nSPS) is 23.6. The molecule has 1 nitrogen and oxygen atoms in total. The molecule has 47 valence electrons. The van der Waals surface area contributed by atoms with Gasteiger partial charge < -0.3 is 5.11 Å². The summed E-state index contributed by atoms with van der Waals surface area (Å²) in [5.74, 6) is 0.517. The monoisotopic (exact) mass is 113 g/mol. The first-order valence-electron chi connectivity index (χ1n) is 3.37. The molecule has 0 aromatic heterocycles. The molecule has 1 fully saturated rings. The fraction of sp³-hybridized carbons (Fsp3) is 0.857. The molecule has 0 amide bonds. The fourth-order valence-corrected chi connectivity index (χ4v) is 1.19. The Morgan fingerprint density at radius 1 is 1.50 bits per heavy atom. The summed E-state index contributed by atoms with van der Waals surface area (Å²) in [5.41, 5.74) is 0. The molecule has 1 N–H and O–H groups in total. The van der Waals surface area contributed by atoms with Gasteiger partial charge in [-0.1, -0.05) is 12.8 Å². The van der Waals surface area contributed by atoms with E-state index in [0.717, 1.165) is 0 Å². The van der Waals surface area contributed by atoms with Crippen LogP contribution in [0, 0.1) is 12.3 Å². The van der Waals surface area contributed by atoms with Crippen LogP contribution in [-0.2, 0) is 0 Å². The SMILES string of the molecule is OC[C@H]1[CH]CCCC1. The molecule has 1 radical (unpaired) electrons. The van der Waals surface area contributed by atoms with Gasteiger partial charge in [-0.25, -0.2) is 0 Å². The van der Waals surface area contributed by atoms with Gasteiger partial charge in [0.05, 0.1) is 0 Å². The lowest BCUT2D eigenvalue weighted by molar-refractivity contribution is 0.222. The van der Waals surface area contributed by atoms with Gasteiger partial charge in [0.25, 0.3) is 0 Å². The van der Waals surface area contributed by atoms with E-state index in [1.807, 2.05) is 0 Å². The molecule has 8 heavy (non-hydrogen) atoms. The molecule has 0 unspecified atom stereocenters. The maximum atomic E-state index is 8.66. The van der Waals surface area contributed by atoms with Crippen molar-refractivity contribution in [3.63, 3.8) is 0 Å².